The van der Waals surface area contributed by atoms with Crippen LogP contribution in [-0.2, 0) is 12.0 Å². The molecule has 2 N–H and O–H groups in total. The molecule has 2 aromatic heterocycles. The van der Waals surface area contributed by atoms with Gasteiger partial charge in [0.15, 0.2) is 0 Å². The van der Waals surface area contributed by atoms with Crippen LogP contribution in [0.25, 0.3) is 0 Å². The van der Waals surface area contributed by atoms with Crippen molar-refractivity contribution in [2.75, 3.05) is 0 Å². The van der Waals surface area contributed by atoms with Crippen molar-refractivity contribution in [2.24, 2.45) is 5.73 Å². The molecule has 0 aliphatic carbocycles. The summed E-state index contributed by atoms with van der Waals surface area (Å²) in [5.74, 6) is 0. The van der Waals surface area contributed by atoms with Crippen LogP contribution < -0.4 is 11.3 Å². The third kappa shape index (κ3) is 3.41. The second-order valence-electron chi connectivity index (χ2n) is 6.26. The maximum Gasteiger partial charge on any atom is 0.271 e. The highest BCUT2D eigenvalue weighted by Gasteiger charge is 2.22. The van der Waals surface area contributed by atoms with E-state index in [1.54, 1.807) is 16.0 Å². The Hall–Kier alpha value is -1.46. The number of nitrogens with two attached hydrogens (primary N) is 1. The molecule has 0 aliphatic rings. The van der Waals surface area contributed by atoms with Gasteiger partial charge in [0.1, 0.15) is 0 Å². The van der Waals surface area contributed by atoms with Gasteiger partial charge in [-0.1, -0.05) is 33.8 Å². The zero-order chi connectivity index (χ0) is 15.6. The van der Waals surface area contributed by atoms with Crippen LogP contribution in [0.5, 0.6) is 0 Å². The van der Waals surface area contributed by atoms with Crippen LogP contribution >= 0.6 is 11.3 Å². The zero-order valence-corrected chi connectivity index (χ0v) is 13.9. The molecule has 0 bridgehead atoms. The molecule has 2 heterocycles. The largest absolute Gasteiger partial charge is 0.319 e. The van der Waals surface area contributed by atoms with E-state index in [1.165, 1.54) is 0 Å². The van der Waals surface area contributed by atoms with Crippen LogP contribution in [0, 0.1) is 0 Å². The van der Waals surface area contributed by atoms with Crippen molar-refractivity contribution >= 4 is 11.3 Å². The predicted molar refractivity (Wildman–Crippen MR) is 87.8 cm³/mol. The van der Waals surface area contributed by atoms with Crippen LogP contribution in [0.3, 0.4) is 0 Å². The van der Waals surface area contributed by atoms with Crippen LogP contribution in [0.1, 0.15) is 56.3 Å². The van der Waals surface area contributed by atoms with E-state index in [9.17, 15) is 4.79 Å². The first-order valence-corrected chi connectivity index (χ1v) is 8.14. The van der Waals surface area contributed by atoms with Gasteiger partial charge in [-0.25, -0.2) is 4.68 Å². The topological polar surface area (TPSA) is 60.9 Å². The summed E-state index contributed by atoms with van der Waals surface area (Å²) in [5.41, 5.74) is 7.64. The Morgan fingerprint density at radius 3 is 2.67 bits per heavy atom. The number of rotatable bonds is 4. The van der Waals surface area contributed by atoms with Crippen molar-refractivity contribution in [3.05, 3.63) is 50.1 Å². The molecule has 4 nitrogen and oxygen atoms in total. The van der Waals surface area contributed by atoms with Crippen molar-refractivity contribution in [3.8, 4) is 0 Å². The lowest BCUT2D eigenvalue weighted by Gasteiger charge is -2.21. The summed E-state index contributed by atoms with van der Waals surface area (Å²) in [6.45, 7) is 8.94. The highest BCUT2D eigenvalue weighted by atomic mass is 32.1. The molecule has 5 heteroatoms. The van der Waals surface area contributed by atoms with E-state index in [0.29, 0.717) is 12.1 Å². The van der Waals surface area contributed by atoms with Gasteiger partial charge in [0.2, 0.25) is 0 Å². The second-order valence-corrected chi connectivity index (χ2v) is 7.24. The van der Waals surface area contributed by atoms with E-state index in [-0.39, 0.29) is 17.0 Å². The molecule has 0 amide bonds. The van der Waals surface area contributed by atoms with Gasteiger partial charge in [-0.3, -0.25) is 4.79 Å². The van der Waals surface area contributed by atoms with Gasteiger partial charge < -0.3 is 5.73 Å². The molecule has 0 radical (unpaired) electrons. The lowest BCUT2D eigenvalue weighted by Crippen LogP contribution is -2.33. The van der Waals surface area contributed by atoms with Crippen molar-refractivity contribution in [3.63, 3.8) is 0 Å². The summed E-state index contributed by atoms with van der Waals surface area (Å²) in [4.78, 5) is 13.6. The van der Waals surface area contributed by atoms with Gasteiger partial charge in [-0.15, -0.1) is 11.3 Å². The Balaban J connectivity index is 2.58. The maximum atomic E-state index is 12.6. The molecule has 2 aromatic rings. The van der Waals surface area contributed by atoms with Crippen molar-refractivity contribution < 1.29 is 0 Å². The summed E-state index contributed by atoms with van der Waals surface area (Å²) in [6, 6.07) is 5.41. The minimum Gasteiger partial charge on any atom is -0.319 e. The molecule has 21 heavy (non-hydrogen) atoms. The van der Waals surface area contributed by atoms with E-state index in [0.717, 1.165) is 17.0 Å². The van der Waals surface area contributed by atoms with Crippen LogP contribution in [0.4, 0.5) is 0 Å². The first-order chi connectivity index (χ1) is 9.84. The summed E-state index contributed by atoms with van der Waals surface area (Å²) in [7, 11) is 0. The fourth-order valence-corrected chi connectivity index (χ4v) is 2.88. The molecule has 0 fully saturated rings. The first-order valence-electron chi connectivity index (χ1n) is 7.26. The van der Waals surface area contributed by atoms with E-state index in [2.05, 4.69) is 25.9 Å². The van der Waals surface area contributed by atoms with Crippen LogP contribution in [-0.4, -0.2) is 9.78 Å². The molecule has 1 unspecified atom stereocenters. The molecule has 0 spiro atoms. The summed E-state index contributed by atoms with van der Waals surface area (Å²) in [6.07, 6.45) is 0.869. The predicted octanol–water partition coefficient (Wildman–Crippen LogP) is 3.06. The quantitative estimate of drug-likeness (QED) is 0.944. The Kier molecular flexibility index (Phi) is 4.64. The summed E-state index contributed by atoms with van der Waals surface area (Å²) >= 11 is 1.57. The third-order valence-electron chi connectivity index (χ3n) is 3.39. The van der Waals surface area contributed by atoms with Crippen molar-refractivity contribution in [2.45, 2.75) is 52.1 Å². The van der Waals surface area contributed by atoms with Gasteiger partial charge in [0, 0.05) is 22.4 Å². The highest BCUT2D eigenvalue weighted by molar-refractivity contribution is 7.10. The van der Waals surface area contributed by atoms with Gasteiger partial charge in [-0.05, 0) is 23.9 Å². The monoisotopic (exact) mass is 305 g/mol. The maximum absolute atomic E-state index is 12.6. The molecular formula is C16H23N3OS. The fourth-order valence-electron chi connectivity index (χ4n) is 2.14. The molecule has 0 saturated heterocycles. The summed E-state index contributed by atoms with van der Waals surface area (Å²) < 4.78 is 1.56. The zero-order valence-electron chi connectivity index (χ0n) is 13.1. The normalized spacial score (nSPS) is 13.4. The Labute approximate surface area is 129 Å². The highest BCUT2D eigenvalue weighted by Crippen LogP contribution is 2.25. The van der Waals surface area contributed by atoms with Crippen molar-refractivity contribution in [1.29, 1.82) is 0 Å². The standard InChI is InChI=1S/C16H23N3OS/c1-5-8-19-15(20)11(10-13(18-19)16(2,3)4)14(17)12-7-6-9-21-12/h6-7,9-10,14H,5,8,17H2,1-4H3. The smallest absolute Gasteiger partial charge is 0.271 e. The molecule has 2 rings (SSSR count). The summed E-state index contributed by atoms with van der Waals surface area (Å²) in [5, 5.41) is 6.49. The molecule has 0 saturated carbocycles. The minimum atomic E-state index is -0.385. The van der Waals surface area contributed by atoms with E-state index >= 15 is 0 Å². The van der Waals surface area contributed by atoms with Gasteiger partial charge in [0.05, 0.1) is 11.7 Å². The number of nitrogens with zero attached hydrogens (tertiary/aromatic N) is 2. The Morgan fingerprint density at radius 1 is 1.43 bits per heavy atom. The number of aryl methyl sites for hydroxylation is 1. The lowest BCUT2D eigenvalue weighted by atomic mass is 9.90. The lowest BCUT2D eigenvalue weighted by molar-refractivity contribution is 0.490. The first kappa shape index (κ1) is 15.9. The molecule has 0 aliphatic heterocycles. The second kappa shape index (κ2) is 6.12. The fraction of sp³-hybridized carbons (Fsp3) is 0.500. The number of hydrogen-bond acceptors (Lipinski definition) is 4. The average Bonchev–Trinajstić information content (AvgIpc) is 2.93. The SMILES string of the molecule is CCCn1nc(C(C)(C)C)cc(C(N)c2cccs2)c1=O. The molecule has 1 atom stereocenters. The van der Waals surface area contributed by atoms with E-state index in [1.807, 2.05) is 30.5 Å². The minimum absolute atomic E-state index is 0.0780. The van der Waals surface area contributed by atoms with E-state index < -0.39 is 0 Å². The number of aromatic nitrogens is 2. The third-order valence-corrected chi connectivity index (χ3v) is 4.35. The number of thiophene rings is 1. The molecular weight excluding hydrogens is 282 g/mol. The van der Waals surface area contributed by atoms with Crippen molar-refractivity contribution in [1.82, 2.24) is 9.78 Å². The average molecular weight is 305 g/mol. The Bertz CT molecular complexity index is 653. The Morgan fingerprint density at radius 2 is 2.14 bits per heavy atom. The van der Waals surface area contributed by atoms with Crippen LogP contribution in [0.15, 0.2) is 28.4 Å². The van der Waals surface area contributed by atoms with E-state index in [4.69, 9.17) is 5.73 Å². The van der Waals surface area contributed by atoms with Gasteiger partial charge in [-0.2, -0.15) is 5.10 Å². The van der Waals surface area contributed by atoms with Gasteiger partial charge >= 0.3 is 0 Å². The van der Waals surface area contributed by atoms with Crippen LogP contribution in [0.2, 0.25) is 0 Å². The molecule has 114 valence electrons. The molecule has 0 aromatic carbocycles. The van der Waals surface area contributed by atoms with Gasteiger partial charge in [0.25, 0.3) is 5.56 Å². The number of hydrogen-bond donors (Lipinski definition) is 1.